The fraction of sp³-hybridized carbons (Fsp3) is 0.400. The molecule has 1 aromatic carbocycles. The summed E-state index contributed by atoms with van der Waals surface area (Å²) in [6, 6.07) is 9.14. The lowest BCUT2D eigenvalue weighted by atomic mass is 10.1. The van der Waals surface area contributed by atoms with E-state index in [2.05, 4.69) is 19.9 Å². The van der Waals surface area contributed by atoms with E-state index in [0.717, 1.165) is 11.5 Å². The first-order valence-corrected chi connectivity index (χ1v) is 9.49. The minimum absolute atomic E-state index is 0. The van der Waals surface area contributed by atoms with Gasteiger partial charge < -0.3 is 24.3 Å². The van der Waals surface area contributed by atoms with Crippen LogP contribution in [0.25, 0.3) is 0 Å². The Balaban J connectivity index is 0.00000341. The molecule has 1 aliphatic rings. The number of alkyl halides is 3. The SMILES string of the molecule is CN=C(NCCc1ccc(OC(F)(F)F)cc1)N1CCN(C(=O)c2ccco2)CC1.I. The summed E-state index contributed by atoms with van der Waals surface area (Å²) in [6.07, 6.45) is -2.60. The Bertz CT molecular complexity index is 850. The average Bonchev–Trinajstić information content (AvgIpc) is 3.26. The van der Waals surface area contributed by atoms with Crippen LogP contribution in [0, 0.1) is 0 Å². The molecule has 0 atom stereocenters. The van der Waals surface area contributed by atoms with Gasteiger partial charge in [0.15, 0.2) is 11.7 Å². The van der Waals surface area contributed by atoms with Crippen molar-refractivity contribution in [1.29, 1.82) is 0 Å². The topological polar surface area (TPSA) is 70.3 Å². The quantitative estimate of drug-likeness (QED) is 0.350. The van der Waals surface area contributed by atoms with Crippen molar-refractivity contribution in [2.75, 3.05) is 39.8 Å². The Morgan fingerprint density at radius 1 is 1.13 bits per heavy atom. The summed E-state index contributed by atoms with van der Waals surface area (Å²) in [7, 11) is 1.69. The van der Waals surface area contributed by atoms with Crippen molar-refractivity contribution in [3.63, 3.8) is 0 Å². The van der Waals surface area contributed by atoms with Crippen LogP contribution < -0.4 is 10.1 Å². The van der Waals surface area contributed by atoms with Gasteiger partial charge in [0, 0.05) is 39.8 Å². The van der Waals surface area contributed by atoms with Gasteiger partial charge in [0.05, 0.1) is 6.26 Å². The predicted molar refractivity (Wildman–Crippen MR) is 120 cm³/mol. The second-order valence-corrected chi connectivity index (χ2v) is 6.67. The van der Waals surface area contributed by atoms with Crippen LogP contribution in [0.2, 0.25) is 0 Å². The highest BCUT2D eigenvalue weighted by Crippen LogP contribution is 2.22. The number of rotatable bonds is 5. The molecule has 1 amide bonds. The van der Waals surface area contributed by atoms with Gasteiger partial charge in [0.1, 0.15) is 5.75 Å². The molecule has 2 heterocycles. The zero-order valence-corrected chi connectivity index (χ0v) is 19.2. The molecule has 0 unspecified atom stereocenters. The summed E-state index contributed by atoms with van der Waals surface area (Å²) >= 11 is 0. The van der Waals surface area contributed by atoms with Crippen LogP contribution in [-0.2, 0) is 6.42 Å². The Morgan fingerprint density at radius 3 is 2.32 bits per heavy atom. The molecule has 0 bridgehead atoms. The molecule has 0 radical (unpaired) electrons. The number of nitrogens with one attached hydrogen (secondary N) is 1. The molecule has 31 heavy (non-hydrogen) atoms. The molecule has 2 aromatic rings. The van der Waals surface area contributed by atoms with E-state index in [9.17, 15) is 18.0 Å². The predicted octanol–water partition coefficient (Wildman–Crippen LogP) is 3.37. The van der Waals surface area contributed by atoms with Crippen molar-refractivity contribution in [1.82, 2.24) is 15.1 Å². The van der Waals surface area contributed by atoms with E-state index in [-0.39, 0.29) is 35.6 Å². The maximum Gasteiger partial charge on any atom is 0.573 e. The highest BCUT2D eigenvalue weighted by molar-refractivity contribution is 14.0. The number of ether oxygens (including phenoxy) is 1. The van der Waals surface area contributed by atoms with E-state index >= 15 is 0 Å². The number of benzene rings is 1. The number of amides is 1. The van der Waals surface area contributed by atoms with Gasteiger partial charge in [-0.15, -0.1) is 37.1 Å². The summed E-state index contributed by atoms with van der Waals surface area (Å²) in [6.45, 7) is 2.95. The molecule has 0 saturated carbocycles. The van der Waals surface area contributed by atoms with Gasteiger partial charge in [-0.25, -0.2) is 0 Å². The smallest absolute Gasteiger partial charge is 0.459 e. The molecule has 170 valence electrons. The van der Waals surface area contributed by atoms with Gasteiger partial charge in [0.25, 0.3) is 5.91 Å². The third-order valence-electron chi connectivity index (χ3n) is 4.66. The second kappa shape index (κ2) is 11.3. The third kappa shape index (κ3) is 7.33. The number of hydrogen-bond acceptors (Lipinski definition) is 4. The fourth-order valence-electron chi connectivity index (χ4n) is 3.19. The highest BCUT2D eigenvalue weighted by atomic mass is 127. The van der Waals surface area contributed by atoms with E-state index in [1.165, 1.54) is 18.4 Å². The van der Waals surface area contributed by atoms with Gasteiger partial charge >= 0.3 is 6.36 Å². The lowest BCUT2D eigenvalue weighted by Gasteiger charge is -2.36. The van der Waals surface area contributed by atoms with Crippen molar-refractivity contribution >= 4 is 35.8 Å². The molecule has 1 aliphatic heterocycles. The number of nitrogens with zero attached hydrogens (tertiary/aromatic N) is 3. The molecule has 0 aliphatic carbocycles. The molecular formula is C20H24F3IN4O3. The number of hydrogen-bond donors (Lipinski definition) is 1. The number of piperazine rings is 1. The van der Waals surface area contributed by atoms with Crippen LogP contribution in [0.4, 0.5) is 13.2 Å². The van der Waals surface area contributed by atoms with Crippen molar-refractivity contribution in [3.8, 4) is 5.75 Å². The maximum absolute atomic E-state index is 12.3. The lowest BCUT2D eigenvalue weighted by molar-refractivity contribution is -0.274. The number of halogens is 4. The largest absolute Gasteiger partial charge is 0.573 e. The molecule has 1 saturated heterocycles. The fourth-order valence-corrected chi connectivity index (χ4v) is 3.19. The Labute approximate surface area is 195 Å². The first kappa shape index (κ1) is 24.8. The van der Waals surface area contributed by atoms with Crippen LogP contribution >= 0.6 is 24.0 Å². The van der Waals surface area contributed by atoms with E-state index in [1.54, 1.807) is 36.2 Å². The van der Waals surface area contributed by atoms with Gasteiger partial charge in [-0.2, -0.15) is 0 Å². The van der Waals surface area contributed by atoms with Crippen LogP contribution in [0.5, 0.6) is 5.75 Å². The van der Waals surface area contributed by atoms with Crippen molar-refractivity contribution in [2.24, 2.45) is 4.99 Å². The van der Waals surface area contributed by atoms with Crippen LogP contribution in [0.1, 0.15) is 16.1 Å². The summed E-state index contributed by atoms with van der Waals surface area (Å²) in [4.78, 5) is 20.4. The van der Waals surface area contributed by atoms with Gasteiger partial charge in [-0.3, -0.25) is 9.79 Å². The van der Waals surface area contributed by atoms with Crippen LogP contribution in [-0.4, -0.2) is 67.8 Å². The monoisotopic (exact) mass is 552 g/mol. The van der Waals surface area contributed by atoms with Crippen molar-refractivity contribution < 1.29 is 27.1 Å². The van der Waals surface area contributed by atoms with E-state index < -0.39 is 6.36 Å². The normalized spacial score (nSPS) is 14.8. The first-order chi connectivity index (χ1) is 14.4. The molecule has 1 fully saturated rings. The number of guanidine groups is 1. The number of carbonyl (C=O) groups is 1. The minimum Gasteiger partial charge on any atom is -0.459 e. The van der Waals surface area contributed by atoms with Gasteiger partial charge in [-0.05, 0) is 36.2 Å². The Hall–Kier alpha value is -2.44. The van der Waals surface area contributed by atoms with E-state index in [4.69, 9.17) is 4.42 Å². The number of carbonyl (C=O) groups excluding carboxylic acids is 1. The zero-order valence-electron chi connectivity index (χ0n) is 16.9. The first-order valence-electron chi connectivity index (χ1n) is 9.49. The summed E-state index contributed by atoms with van der Waals surface area (Å²) in [5.74, 6) is 0.687. The third-order valence-corrected chi connectivity index (χ3v) is 4.66. The van der Waals surface area contributed by atoms with Crippen LogP contribution in [0.15, 0.2) is 52.1 Å². The minimum atomic E-state index is -4.69. The molecule has 7 nitrogen and oxygen atoms in total. The Morgan fingerprint density at radius 2 is 1.77 bits per heavy atom. The van der Waals surface area contributed by atoms with Crippen molar-refractivity contribution in [2.45, 2.75) is 12.8 Å². The molecule has 3 rings (SSSR count). The Kier molecular flexibility index (Phi) is 9.01. The maximum atomic E-state index is 12.3. The molecule has 1 aromatic heterocycles. The van der Waals surface area contributed by atoms with E-state index in [1.807, 2.05) is 0 Å². The van der Waals surface area contributed by atoms with Crippen LogP contribution in [0.3, 0.4) is 0 Å². The summed E-state index contributed by atoms with van der Waals surface area (Å²) in [5, 5.41) is 3.25. The molecule has 11 heteroatoms. The summed E-state index contributed by atoms with van der Waals surface area (Å²) < 4.78 is 45.7. The van der Waals surface area contributed by atoms with Gasteiger partial charge in [-0.1, -0.05) is 12.1 Å². The lowest BCUT2D eigenvalue weighted by Crippen LogP contribution is -2.53. The summed E-state index contributed by atoms with van der Waals surface area (Å²) in [5.41, 5.74) is 0.876. The van der Waals surface area contributed by atoms with Crippen molar-refractivity contribution in [3.05, 3.63) is 54.0 Å². The molecular weight excluding hydrogens is 528 g/mol. The molecule has 0 spiro atoms. The van der Waals surface area contributed by atoms with E-state index in [0.29, 0.717) is 44.9 Å². The number of aliphatic imine (C=N–C) groups is 1. The highest BCUT2D eigenvalue weighted by Gasteiger charge is 2.31. The molecule has 1 N–H and O–H groups in total. The standard InChI is InChI=1S/C20H23F3N4O3.HI/c1-24-19(25-9-8-15-4-6-16(7-5-15)30-20(21,22)23)27-12-10-26(11-13-27)18(28)17-3-2-14-29-17;/h2-7,14H,8-13H2,1H3,(H,24,25);1H. The number of furan rings is 1. The average molecular weight is 552 g/mol. The zero-order chi connectivity index (χ0) is 21.6. The van der Waals surface area contributed by atoms with Gasteiger partial charge in [0.2, 0.25) is 0 Å². The second-order valence-electron chi connectivity index (χ2n) is 6.67.